The molecule has 0 fully saturated rings. The summed E-state index contributed by atoms with van der Waals surface area (Å²) in [7, 11) is 1.65. The van der Waals surface area contributed by atoms with E-state index in [0.29, 0.717) is 19.4 Å². The van der Waals surface area contributed by atoms with Crippen molar-refractivity contribution in [3.63, 3.8) is 0 Å². The van der Waals surface area contributed by atoms with Crippen molar-refractivity contribution in [2.24, 2.45) is 0 Å². The molecule has 17 heavy (non-hydrogen) atoms. The number of methoxy groups -OCH3 is 1. The second kappa shape index (κ2) is 6.17. The molecule has 0 bridgehead atoms. The highest BCUT2D eigenvalue weighted by Gasteiger charge is 2.23. The Balaban J connectivity index is 2.75. The van der Waals surface area contributed by atoms with Gasteiger partial charge in [0.05, 0.1) is 11.3 Å². The molecule has 1 unspecified atom stereocenters. The number of rotatable bonds is 7. The minimum Gasteiger partial charge on any atom is -0.390 e. The van der Waals surface area contributed by atoms with E-state index in [9.17, 15) is 5.11 Å². The smallest absolute Gasteiger partial charge is 0.0696 e. The van der Waals surface area contributed by atoms with Crippen molar-refractivity contribution in [3.8, 4) is 0 Å². The zero-order valence-corrected chi connectivity index (χ0v) is 11.4. The summed E-state index contributed by atoms with van der Waals surface area (Å²) in [6, 6.07) is 2.09. The van der Waals surface area contributed by atoms with Gasteiger partial charge in [0.2, 0.25) is 0 Å². The van der Waals surface area contributed by atoms with E-state index in [0.717, 1.165) is 24.4 Å². The number of aryl methyl sites for hydroxylation is 2. The van der Waals surface area contributed by atoms with Crippen molar-refractivity contribution in [2.75, 3.05) is 13.7 Å². The zero-order chi connectivity index (χ0) is 12.9. The van der Waals surface area contributed by atoms with Crippen molar-refractivity contribution in [1.82, 2.24) is 9.78 Å². The normalized spacial score (nSPS) is 14.9. The average Bonchev–Trinajstić information content (AvgIpc) is 2.68. The Morgan fingerprint density at radius 2 is 2.18 bits per heavy atom. The lowest BCUT2D eigenvalue weighted by molar-refractivity contribution is 0.0233. The van der Waals surface area contributed by atoms with Gasteiger partial charge in [-0.15, -0.1) is 0 Å². The Bertz CT molecular complexity index is 345. The van der Waals surface area contributed by atoms with Crippen molar-refractivity contribution in [1.29, 1.82) is 0 Å². The lowest BCUT2D eigenvalue weighted by Crippen LogP contribution is -2.30. The van der Waals surface area contributed by atoms with Crippen molar-refractivity contribution < 1.29 is 9.84 Å². The fraction of sp³-hybridized carbons (Fsp3) is 0.769. The number of nitrogens with zero attached hydrogens (tertiary/aromatic N) is 2. The summed E-state index contributed by atoms with van der Waals surface area (Å²) in [5.74, 6) is 0. The molecule has 98 valence electrons. The first-order chi connectivity index (χ1) is 8.02. The van der Waals surface area contributed by atoms with Crippen molar-refractivity contribution in [3.05, 3.63) is 17.5 Å². The molecule has 0 aliphatic carbocycles. The lowest BCUT2D eigenvalue weighted by Gasteiger charge is -2.23. The van der Waals surface area contributed by atoms with Gasteiger partial charge in [0.15, 0.2) is 0 Å². The van der Waals surface area contributed by atoms with Gasteiger partial charge in [0, 0.05) is 32.4 Å². The van der Waals surface area contributed by atoms with Crippen LogP contribution in [-0.2, 0) is 24.1 Å². The van der Waals surface area contributed by atoms with Gasteiger partial charge in [-0.25, -0.2) is 0 Å². The number of aromatic nitrogens is 2. The minimum atomic E-state index is -0.728. The first-order valence-corrected chi connectivity index (χ1v) is 6.29. The third-order valence-corrected chi connectivity index (χ3v) is 2.98. The van der Waals surface area contributed by atoms with Crippen LogP contribution in [0.3, 0.4) is 0 Å². The molecule has 4 nitrogen and oxygen atoms in total. The molecule has 1 atom stereocenters. The van der Waals surface area contributed by atoms with E-state index in [-0.39, 0.29) is 0 Å². The van der Waals surface area contributed by atoms with Crippen LogP contribution in [0.4, 0.5) is 0 Å². The highest BCUT2D eigenvalue weighted by molar-refractivity contribution is 5.12. The molecule has 0 aromatic carbocycles. The standard InChI is InChI=1S/C13H24N2O2/c1-5-11-9-12(15(6-2)14-11)10-13(3,16)7-8-17-4/h9,16H,5-8,10H2,1-4H3. The predicted molar refractivity (Wildman–Crippen MR) is 68.1 cm³/mol. The van der Waals surface area contributed by atoms with Crippen LogP contribution in [0.15, 0.2) is 6.07 Å². The molecular weight excluding hydrogens is 216 g/mol. The van der Waals surface area contributed by atoms with Gasteiger partial charge in [-0.1, -0.05) is 6.92 Å². The van der Waals surface area contributed by atoms with E-state index >= 15 is 0 Å². The summed E-state index contributed by atoms with van der Waals surface area (Å²) < 4.78 is 6.99. The van der Waals surface area contributed by atoms with Gasteiger partial charge in [-0.05, 0) is 32.8 Å². The molecular formula is C13H24N2O2. The fourth-order valence-electron chi connectivity index (χ4n) is 1.90. The third-order valence-electron chi connectivity index (χ3n) is 2.98. The molecule has 1 aromatic heterocycles. The summed E-state index contributed by atoms with van der Waals surface area (Å²) in [6.45, 7) is 7.43. The molecule has 1 rings (SSSR count). The maximum absolute atomic E-state index is 10.3. The van der Waals surface area contributed by atoms with E-state index in [1.807, 2.05) is 11.6 Å². The first-order valence-electron chi connectivity index (χ1n) is 6.29. The van der Waals surface area contributed by atoms with Gasteiger partial charge in [-0.2, -0.15) is 5.10 Å². The highest BCUT2D eigenvalue weighted by Crippen LogP contribution is 2.18. The molecule has 0 aliphatic heterocycles. The minimum absolute atomic E-state index is 0.577. The zero-order valence-electron chi connectivity index (χ0n) is 11.4. The Morgan fingerprint density at radius 3 is 2.71 bits per heavy atom. The molecule has 1 aromatic rings. The van der Waals surface area contributed by atoms with Crippen LogP contribution < -0.4 is 0 Å². The number of hydrogen-bond donors (Lipinski definition) is 1. The summed E-state index contributed by atoms with van der Waals surface area (Å²) >= 11 is 0. The topological polar surface area (TPSA) is 47.3 Å². The van der Waals surface area contributed by atoms with E-state index in [2.05, 4.69) is 25.0 Å². The predicted octanol–water partition coefficient (Wildman–Crippen LogP) is 1.80. The van der Waals surface area contributed by atoms with Crippen molar-refractivity contribution >= 4 is 0 Å². The molecule has 0 aliphatic rings. The van der Waals surface area contributed by atoms with Crippen LogP contribution >= 0.6 is 0 Å². The maximum atomic E-state index is 10.3. The maximum Gasteiger partial charge on any atom is 0.0696 e. The molecule has 0 radical (unpaired) electrons. The second-order valence-corrected chi connectivity index (χ2v) is 4.71. The van der Waals surface area contributed by atoms with E-state index < -0.39 is 5.60 Å². The summed E-state index contributed by atoms with van der Waals surface area (Å²) in [5.41, 5.74) is 1.46. The molecule has 0 saturated heterocycles. The monoisotopic (exact) mass is 240 g/mol. The second-order valence-electron chi connectivity index (χ2n) is 4.71. The van der Waals surface area contributed by atoms with Gasteiger partial charge >= 0.3 is 0 Å². The van der Waals surface area contributed by atoms with Crippen LogP contribution in [0.25, 0.3) is 0 Å². The number of ether oxygens (including phenoxy) is 1. The quantitative estimate of drug-likeness (QED) is 0.790. The summed E-state index contributed by atoms with van der Waals surface area (Å²) in [4.78, 5) is 0. The van der Waals surface area contributed by atoms with Crippen LogP contribution in [0.2, 0.25) is 0 Å². The summed E-state index contributed by atoms with van der Waals surface area (Å²) in [6.07, 6.45) is 2.19. The molecule has 4 heteroatoms. The SMILES string of the molecule is CCc1cc(CC(C)(O)CCOC)n(CC)n1. The Kier molecular flexibility index (Phi) is 5.15. The van der Waals surface area contributed by atoms with Gasteiger partial charge in [0.1, 0.15) is 0 Å². The van der Waals surface area contributed by atoms with E-state index in [1.165, 1.54) is 0 Å². The molecule has 1 heterocycles. The summed E-state index contributed by atoms with van der Waals surface area (Å²) in [5, 5.41) is 14.8. The van der Waals surface area contributed by atoms with Gasteiger partial charge in [-0.3, -0.25) is 4.68 Å². The lowest BCUT2D eigenvalue weighted by atomic mass is 9.96. The van der Waals surface area contributed by atoms with E-state index in [4.69, 9.17) is 4.74 Å². The van der Waals surface area contributed by atoms with Gasteiger partial charge in [0.25, 0.3) is 0 Å². The molecule has 1 N–H and O–H groups in total. The van der Waals surface area contributed by atoms with Gasteiger partial charge < -0.3 is 9.84 Å². The van der Waals surface area contributed by atoms with Crippen LogP contribution in [-0.4, -0.2) is 34.2 Å². The number of hydrogen-bond acceptors (Lipinski definition) is 3. The van der Waals surface area contributed by atoms with E-state index in [1.54, 1.807) is 7.11 Å². The van der Waals surface area contributed by atoms with Crippen molar-refractivity contribution in [2.45, 2.75) is 52.2 Å². The Labute approximate surface area is 104 Å². The fourth-order valence-corrected chi connectivity index (χ4v) is 1.90. The number of aliphatic hydroxyl groups is 1. The molecule has 0 saturated carbocycles. The highest BCUT2D eigenvalue weighted by atomic mass is 16.5. The van der Waals surface area contributed by atoms with Crippen LogP contribution in [0, 0.1) is 0 Å². The Hall–Kier alpha value is -0.870. The Morgan fingerprint density at radius 1 is 1.47 bits per heavy atom. The molecule has 0 spiro atoms. The first kappa shape index (κ1) is 14.2. The van der Waals surface area contributed by atoms with Crippen LogP contribution in [0.5, 0.6) is 0 Å². The molecule has 0 amide bonds. The third kappa shape index (κ3) is 4.13. The average molecular weight is 240 g/mol. The van der Waals surface area contributed by atoms with Crippen LogP contribution in [0.1, 0.15) is 38.6 Å². The largest absolute Gasteiger partial charge is 0.390 e.